The molecule has 96 valence electrons. The first-order chi connectivity index (χ1) is 8.56. The number of rotatable bonds is 4. The molecular formula is C15H18ClNS. The third kappa shape index (κ3) is 3.35. The minimum atomic E-state index is 0.0425. The van der Waals surface area contributed by atoms with Crippen molar-refractivity contribution in [1.82, 2.24) is 0 Å². The van der Waals surface area contributed by atoms with Crippen LogP contribution in [0.3, 0.4) is 0 Å². The van der Waals surface area contributed by atoms with Crippen molar-refractivity contribution < 1.29 is 0 Å². The molecule has 0 bridgehead atoms. The molecule has 1 heterocycles. The van der Waals surface area contributed by atoms with Crippen LogP contribution >= 0.6 is 22.9 Å². The first-order valence-corrected chi connectivity index (χ1v) is 7.35. The Balaban J connectivity index is 2.06. The largest absolute Gasteiger partial charge is 0.324 e. The van der Waals surface area contributed by atoms with E-state index in [-0.39, 0.29) is 6.04 Å². The Labute approximate surface area is 118 Å². The molecule has 0 amide bonds. The molecule has 2 N–H and O–H groups in total. The standard InChI is InChI=1S/C15H18ClNS/c1-10(2)11-3-5-12(6-4-11)14(17)9-13-7-8-15(16)18-13/h3-8,10,14H,9,17H2,1-2H3. The third-order valence-corrected chi connectivity index (χ3v) is 4.33. The normalized spacial score (nSPS) is 12.9. The van der Waals surface area contributed by atoms with Gasteiger partial charge in [-0.15, -0.1) is 11.3 Å². The van der Waals surface area contributed by atoms with E-state index in [1.807, 2.05) is 6.07 Å². The van der Waals surface area contributed by atoms with Crippen LogP contribution in [-0.2, 0) is 6.42 Å². The Morgan fingerprint density at radius 2 is 1.67 bits per heavy atom. The van der Waals surface area contributed by atoms with Crippen LogP contribution in [0.25, 0.3) is 0 Å². The first kappa shape index (κ1) is 13.6. The van der Waals surface area contributed by atoms with Gasteiger partial charge in [-0.2, -0.15) is 0 Å². The highest BCUT2D eigenvalue weighted by molar-refractivity contribution is 7.16. The molecule has 18 heavy (non-hydrogen) atoms. The van der Waals surface area contributed by atoms with Gasteiger partial charge < -0.3 is 5.73 Å². The molecule has 3 heteroatoms. The van der Waals surface area contributed by atoms with E-state index in [2.05, 4.69) is 44.2 Å². The number of hydrogen-bond acceptors (Lipinski definition) is 2. The average molecular weight is 280 g/mol. The second-order valence-electron chi connectivity index (χ2n) is 4.84. The van der Waals surface area contributed by atoms with Gasteiger partial charge in [-0.05, 0) is 29.2 Å². The molecule has 1 nitrogen and oxygen atoms in total. The van der Waals surface area contributed by atoms with Gasteiger partial charge in [0.1, 0.15) is 0 Å². The van der Waals surface area contributed by atoms with Crippen molar-refractivity contribution in [2.75, 3.05) is 0 Å². The second-order valence-corrected chi connectivity index (χ2v) is 6.64. The molecule has 0 radical (unpaired) electrons. The van der Waals surface area contributed by atoms with Crippen molar-refractivity contribution in [2.45, 2.75) is 32.2 Å². The van der Waals surface area contributed by atoms with E-state index >= 15 is 0 Å². The minimum absolute atomic E-state index is 0.0425. The Bertz CT molecular complexity index is 501. The fourth-order valence-electron chi connectivity index (χ4n) is 1.92. The second kappa shape index (κ2) is 5.87. The number of nitrogens with two attached hydrogens (primary N) is 1. The molecule has 1 atom stereocenters. The van der Waals surface area contributed by atoms with Gasteiger partial charge in [0.15, 0.2) is 0 Å². The summed E-state index contributed by atoms with van der Waals surface area (Å²) in [6.07, 6.45) is 0.846. The fraction of sp³-hybridized carbons (Fsp3) is 0.333. The highest BCUT2D eigenvalue weighted by atomic mass is 35.5. The Morgan fingerprint density at radius 1 is 1.06 bits per heavy atom. The molecule has 0 aliphatic heterocycles. The van der Waals surface area contributed by atoms with Crippen molar-refractivity contribution in [3.63, 3.8) is 0 Å². The summed E-state index contributed by atoms with van der Waals surface area (Å²) < 4.78 is 0.826. The topological polar surface area (TPSA) is 26.0 Å². The molecule has 0 fully saturated rings. The molecular weight excluding hydrogens is 262 g/mol. The Hall–Kier alpha value is -0.830. The number of halogens is 1. The van der Waals surface area contributed by atoms with Crippen LogP contribution in [0, 0.1) is 0 Å². The molecule has 0 aliphatic carbocycles. The van der Waals surface area contributed by atoms with Gasteiger partial charge in [-0.1, -0.05) is 49.7 Å². The van der Waals surface area contributed by atoms with Gasteiger partial charge in [0.2, 0.25) is 0 Å². The third-order valence-electron chi connectivity index (χ3n) is 3.08. The van der Waals surface area contributed by atoms with Gasteiger partial charge in [0.25, 0.3) is 0 Å². The maximum Gasteiger partial charge on any atom is 0.0931 e. The summed E-state index contributed by atoms with van der Waals surface area (Å²) in [7, 11) is 0. The number of hydrogen-bond donors (Lipinski definition) is 1. The Kier molecular flexibility index (Phi) is 4.44. The zero-order chi connectivity index (χ0) is 13.1. The zero-order valence-electron chi connectivity index (χ0n) is 10.7. The lowest BCUT2D eigenvalue weighted by Crippen LogP contribution is -2.12. The first-order valence-electron chi connectivity index (χ1n) is 6.16. The van der Waals surface area contributed by atoms with E-state index in [0.29, 0.717) is 5.92 Å². The van der Waals surface area contributed by atoms with Crippen LogP contribution in [0.1, 0.15) is 41.8 Å². The van der Waals surface area contributed by atoms with Crippen LogP contribution in [0.15, 0.2) is 36.4 Å². The lowest BCUT2D eigenvalue weighted by molar-refractivity contribution is 0.728. The van der Waals surface area contributed by atoms with E-state index in [0.717, 1.165) is 10.8 Å². The quantitative estimate of drug-likeness (QED) is 0.857. The molecule has 0 spiro atoms. The summed E-state index contributed by atoms with van der Waals surface area (Å²) >= 11 is 7.53. The van der Waals surface area contributed by atoms with Gasteiger partial charge >= 0.3 is 0 Å². The maximum absolute atomic E-state index is 6.23. The molecule has 2 rings (SSSR count). The lowest BCUT2D eigenvalue weighted by atomic mass is 9.98. The molecule has 0 aliphatic rings. The van der Waals surface area contributed by atoms with E-state index in [4.69, 9.17) is 17.3 Å². The Morgan fingerprint density at radius 3 is 2.17 bits per heavy atom. The molecule has 1 aromatic carbocycles. The predicted octanol–water partition coefficient (Wildman–Crippen LogP) is 4.77. The zero-order valence-corrected chi connectivity index (χ0v) is 12.3. The SMILES string of the molecule is CC(C)c1ccc(C(N)Cc2ccc(Cl)s2)cc1. The smallest absolute Gasteiger partial charge is 0.0931 e. The number of benzene rings is 1. The highest BCUT2D eigenvalue weighted by Gasteiger charge is 2.09. The van der Waals surface area contributed by atoms with Crippen LogP contribution < -0.4 is 5.73 Å². The summed E-state index contributed by atoms with van der Waals surface area (Å²) in [5.74, 6) is 0.561. The monoisotopic (exact) mass is 279 g/mol. The molecule has 1 aromatic heterocycles. The van der Waals surface area contributed by atoms with Gasteiger partial charge in [0, 0.05) is 17.3 Å². The van der Waals surface area contributed by atoms with Crippen LogP contribution in [0.4, 0.5) is 0 Å². The molecule has 0 saturated heterocycles. The van der Waals surface area contributed by atoms with E-state index in [9.17, 15) is 0 Å². The number of thiophene rings is 1. The van der Waals surface area contributed by atoms with Gasteiger partial charge in [0.05, 0.1) is 4.34 Å². The predicted molar refractivity (Wildman–Crippen MR) is 80.5 cm³/mol. The minimum Gasteiger partial charge on any atom is -0.324 e. The molecule has 0 saturated carbocycles. The summed E-state index contributed by atoms with van der Waals surface area (Å²) in [5.41, 5.74) is 8.76. The highest BCUT2D eigenvalue weighted by Crippen LogP contribution is 2.26. The van der Waals surface area contributed by atoms with E-state index in [1.54, 1.807) is 11.3 Å². The average Bonchev–Trinajstić information content (AvgIpc) is 2.75. The molecule has 2 aromatic rings. The fourth-order valence-corrected chi connectivity index (χ4v) is 3.07. The summed E-state index contributed by atoms with van der Waals surface area (Å²) in [5, 5.41) is 0. The molecule has 1 unspecified atom stereocenters. The van der Waals surface area contributed by atoms with Crippen molar-refractivity contribution in [3.8, 4) is 0 Å². The van der Waals surface area contributed by atoms with E-state index in [1.165, 1.54) is 16.0 Å². The van der Waals surface area contributed by atoms with Crippen molar-refractivity contribution >= 4 is 22.9 Å². The van der Waals surface area contributed by atoms with Crippen LogP contribution in [0.5, 0.6) is 0 Å². The van der Waals surface area contributed by atoms with Crippen molar-refractivity contribution in [1.29, 1.82) is 0 Å². The van der Waals surface area contributed by atoms with Gasteiger partial charge in [-0.3, -0.25) is 0 Å². The summed E-state index contributed by atoms with van der Waals surface area (Å²) in [6.45, 7) is 4.39. The lowest BCUT2D eigenvalue weighted by Gasteiger charge is -2.12. The van der Waals surface area contributed by atoms with E-state index < -0.39 is 0 Å². The summed E-state index contributed by atoms with van der Waals surface area (Å²) in [6, 6.07) is 12.6. The van der Waals surface area contributed by atoms with Crippen molar-refractivity contribution in [3.05, 3.63) is 56.7 Å². The van der Waals surface area contributed by atoms with Gasteiger partial charge in [-0.25, -0.2) is 0 Å². The maximum atomic E-state index is 6.23. The summed E-state index contributed by atoms with van der Waals surface area (Å²) in [4.78, 5) is 1.24. The van der Waals surface area contributed by atoms with Crippen LogP contribution in [0.2, 0.25) is 4.34 Å². The van der Waals surface area contributed by atoms with Crippen molar-refractivity contribution in [2.24, 2.45) is 5.73 Å². The van der Waals surface area contributed by atoms with Crippen LogP contribution in [-0.4, -0.2) is 0 Å².